The number of aliphatic hydroxyl groups excluding tert-OH is 1. The van der Waals surface area contributed by atoms with Gasteiger partial charge in [0.2, 0.25) is 5.91 Å². The molecule has 1 rings (SSSR count). The average molecular weight is 159 g/mol. The van der Waals surface area contributed by atoms with Gasteiger partial charge in [-0.3, -0.25) is 4.79 Å². The summed E-state index contributed by atoms with van der Waals surface area (Å²) in [5.41, 5.74) is 0. The lowest BCUT2D eigenvalue weighted by atomic mass is 10.3. The number of carbonyl (C=O) groups excluding carboxylic acids is 1. The summed E-state index contributed by atoms with van der Waals surface area (Å²) in [7, 11) is 1.54. The minimum atomic E-state index is -0.524. The zero-order valence-electron chi connectivity index (χ0n) is 6.78. The molecule has 1 fully saturated rings. The number of likely N-dealkylation sites (tertiary alicyclic amines) is 1. The van der Waals surface area contributed by atoms with Gasteiger partial charge in [0.1, 0.15) is 6.10 Å². The minimum Gasteiger partial charge on any atom is -0.388 e. The van der Waals surface area contributed by atoms with E-state index in [9.17, 15) is 9.90 Å². The minimum absolute atomic E-state index is 0.0106. The van der Waals surface area contributed by atoms with Crippen molar-refractivity contribution in [2.45, 2.75) is 19.1 Å². The molecule has 0 aliphatic carbocycles. The first-order valence-electron chi connectivity index (χ1n) is 3.61. The highest BCUT2D eigenvalue weighted by Gasteiger charge is 2.32. The van der Waals surface area contributed by atoms with E-state index in [4.69, 9.17) is 4.74 Å². The van der Waals surface area contributed by atoms with Crippen LogP contribution in [0.25, 0.3) is 0 Å². The standard InChI is InChI=1S/C7H13NO3/c1-5(9)8-3-6(10)7(4-8)11-2/h6-7,10H,3-4H2,1-2H3/t6-,7?/m1/s1. The molecule has 1 aliphatic heterocycles. The van der Waals surface area contributed by atoms with Crippen molar-refractivity contribution in [2.75, 3.05) is 20.2 Å². The monoisotopic (exact) mass is 159 g/mol. The lowest BCUT2D eigenvalue weighted by molar-refractivity contribution is -0.128. The summed E-state index contributed by atoms with van der Waals surface area (Å²) in [4.78, 5) is 12.4. The first-order chi connectivity index (χ1) is 5.15. The van der Waals surface area contributed by atoms with E-state index in [-0.39, 0.29) is 12.0 Å². The van der Waals surface area contributed by atoms with Crippen LogP contribution in [0.4, 0.5) is 0 Å². The molecule has 0 bridgehead atoms. The summed E-state index contributed by atoms with van der Waals surface area (Å²) in [5.74, 6) is -0.0106. The molecule has 1 N–H and O–H groups in total. The second-order valence-corrected chi connectivity index (χ2v) is 2.77. The number of aliphatic hydroxyl groups is 1. The van der Waals surface area contributed by atoms with Gasteiger partial charge in [0.25, 0.3) is 0 Å². The number of methoxy groups -OCH3 is 1. The lowest BCUT2D eigenvalue weighted by Crippen LogP contribution is -2.27. The topological polar surface area (TPSA) is 49.8 Å². The molecule has 1 amide bonds. The first kappa shape index (κ1) is 8.49. The number of nitrogens with zero attached hydrogens (tertiary/aromatic N) is 1. The Morgan fingerprint density at radius 2 is 2.27 bits per heavy atom. The van der Waals surface area contributed by atoms with Gasteiger partial charge in [-0.25, -0.2) is 0 Å². The highest BCUT2D eigenvalue weighted by atomic mass is 16.5. The molecule has 1 unspecified atom stereocenters. The van der Waals surface area contributed by atoms with Crippen LogP contribution in [0.5, 0.6) is 0 Å². The number of hydrogen-bond acceptors (Lipinski definition) is 3. The predicted octanol–water partition coefficient (Wildman–Crippen LogP) is -0.776. The second-order valence-electron chi connectivity index (χ2n) is 2.77. The van der Waals surface area contributed by atoms with Crippen molar-refractivity contribution in [1.82, 2.24) is 4.90 Å². The molecule has 0 saturated carbocycles. The van der Waals surface area contributed by atoms with Gasteiger partial charge in [0, 0.05) is 27.1 Å². The van der Waals surface area contributed by atoms with Crippen LogP contribution in [0.15, 0.2) is 0 Å². The van der Waals surface area contributed by atoms with Gasteiger partial charge in [-0.2, -0.15) is 0 Å². The maximum absolute atomic E-state index is 10.8. The van der Waals surface area contributed by atoms with E-state index in [2.05, 4.69) is 0 Å². The Hall–Kier alpha value is -0.610. The summed E-state index contributed by atoms with van der Waals surface area (Å²) < 4.78 is 4.96. The molecule has 11 heavy (non-hydrogen) atoms. The van der Waals surface area contributed by atoms with E-state index in [0.717, 1.165) is 0 Å². The van der Waals surface area contributed by atoms with Crippen molar-refractivity contribution in [2.24, 2.45) is 0 Å². The van der Waals surface area contributed by atoms with Gasteiger partial charge in [-0.05, 0) is 0 Å². The molecule has 4 nitrogen and oxygen atoms in total. The Morgan fingerprint density at radius 1 is 1.64 bits per heavy atom. The second kappa shape index (κ2) is 3.19. The van der Waals surface area contributed by atoms with Crippen molar-refractivity contribution in [3.05, 3.63) is 0 Å². The predicted molar refractivity (Wildman–Crippen MR) is 39.1 cm³/mol. The molecule has 2 atom stereocenters. The number of hydrogen-bond donors (Lipinski definition) is 1. The van der Waals surface area contributed by atoms with Crippen molar-refractivity contribution in [3.63, 3.8) is 0 Å². The summed E-state index contributed by atoms with van der Waals surface area (Å²) in [6.45, 7) is 2.39. The number of rotatable bonds is 1. The van der Waals surface area contributed by atoms with E-state index in [0.29, 0.717) is 13.1 Å². The Labute approximate surface area is 65.8 Å². The van der Waals surface area contributed by atoms with Crippen LogP contribution >= 0.6 is 0 Å². The number of ether oxygens (including phenoxy) is 1. The third-order valence-corrected chi connectivity index (χ3v) is 1.99. The van der Waals surface area contributed by atoms with E-state index < -0.39 is 6.10 Å². The number of β-amino-alcohol motifs (C(OH)–C–C–N with tert-alkyl or cyclic N) is 1. The van der Waals surface area contributed by atoms with Gasteiger partial charge in [0.05, 0.1) is 6.10 Å². The molecule has 4 heteroatoms. The van der Waals surface area contributed by atoms with Gasteiger partial charge < -0.3 is 14.7 Å². The van der Waals surface area contributed by atoms with E-state index in [1.807, 2.05) is 0 Å². The fourth-order valence-corrected chi connectivity index (χ4v) is 1.25. The largest absolute Gasteiger partial charge is 0.388 e. The van der Waals surface area contributed by atoms with Crippen molar-refractivity contribution in [1.29, 1.82) is 0 Å². The van der Waals surface area contributed by atoms with Crippen LogP contribution in [-0.4, -0.2) is 48.3 Å². The summed E-state index contributed by atoms with van der Waals surface area (Å²) in [6.07, 6.45) is -0.734. The van der Waals surface area contributed by atoms with Gasteiger partial charge in [-0.15, -0.1) is 0 Å². The van der Waals surface area contributed by atoms with Crippen molar-refractivity contribution >= 4 is 5.91 Å². The van der Waals surface area contributed by atoms with Gasteiger partial charge >= 0.3 is 0 Å². The quantitative estimate of drug-likeness (QED) is 0.546. The van der Waals surface area contributed by atoms with E-state index >= 15 is 0 Å². The Kier molecular flexibility index (Phi) is 2.46. The molecular weight excluding hydrogens is 146 g/mol. The fraction of sp³-hybridized carbons (Fsp3) is 0.857. The van der Waals surface area contributed by atoms with E-state index in [1.165, 1.54) is 14.0 Å². The molecule has 0 spiro atoms. The Bertz CT molecular complexity index is 160. The molecule has 0 aromatic heterocycles. The molecule has 0 radical (unpaired) electrons. The maximum atomic E-state index is 10.8. The number of carbonyl (C=O) groups is 1. The lowest BCUT2D eigenvalue weighted by Gasteiger charge is -2.11. The zero-order chi connectivity index (χ0) is 8.43. The van der Waals surface area contributed by atoms with Crippen LogP contribution in [0.3, 0.4) is 0 Å². The fourth-order valence-electron chi connectivity index (χ4n) is 1.25. The molecule has 1 aliphatic rings. The molecule has 0 aromatic carbocycles. The van der Waals surface area contributed by atoms with E-state index in [1.54, 1.807) is 4.90 Å². The average Bonchev–Trinajstić information content (AvgIpc) is 2.31. The van der Waals surface area contributed by atoms with Crippen molar-refractivity contribution in [3.8, 4) is 0 Å². The summed E-state index contributed by atoms with van der Waals surface area (Å²) >= 11 is 0. The molecule has 1 saturated heterocycles. The van der Waals surface area contributed by atoms with Gasteiger partial charge in [-0.1, -0.05) is 0 Å². The van der Waals surface area contributed by atoms with Crippen LogP contribution in [0.2, 0.25) is 0 Å². The zero-order valence-corrected chi connectivity index (χ0v) is 6.78. The molecule has 64 valence electrons. The van der Waals surface area contributed by atoms with Crippen LogP contribution in [0.1, 0.15) is 6.92 Å². The smallest absolute Gasteiger partial charge is 0.219 e. The number of amides is 1. The highest BCUT2D eigenvalue weighted by Crippen LogP contribution is 2.12. The Morgan fingerprint density at radius 3 is 2.55 bits per heavy atom. The molecular formula is C7H13NO3. The first-order valence-corrected chi connectivity index (χ1v) is 3.61. The van der Waals surface area contributed by atoms with Crippen molar-refractivity contribution < 1.29 is 14.6 Å². The highest BCUT2D eigenvalue weighted by molar-refractivity contribution is 5.73. The normalized spacial score (nSPS) is 31.0. The van der Waals surface area contributed by atoms with Crippen LogP contribution in [-0.2, 0) is 9.53 Å². The SMILES string of the molecule is COC1CN(C(C)=O)C[C@H]1O. The van der Waals surface area contributed by atoms with Gasteiger partial charge in [0.15, 0.2) is 0 Å². The Balaban J connectivity index is 2.49. The molecule has 1 heterocycles. The summed E-state index contributed by atoms with van der Waals surface area (Å²) in [5, 5.41) is 9.29. The van der Waals surface area contributed by atoms with Crippen LogP contribution < -0.4 is 0 Å². The summed E-state index contributed by atoms with van der Waals surface area (Å²) in [6, 6.07) is 0. The third kappa shape index (κ3) is 1.70. The maximum Gasteiger partial charge on any atom is 0.219 e. The third-order valence-electron chi connectivity index (χ3n) is 1.99. The van der Waals surface area contributed by atoms with Crippen LogP contribution in [0, 0.1) is 0 Å². The molecule has 0 aromatic rings.